The fourth-order valence-electron chi connectivity index (χ4n) is 2.85. The molecule has 1 heterocycles. The van der Waals surface area contributed by atoms with E-state index in [2.05, 4.69) is 34.2 Å². The Kier molecular flexibility index (Phi) is 6.25. The maximum absolute atomic E-state index is 4.59. The van der Waals surface area contributed by atoms with E-state index in [1.54, 1.807) is 0 Å². The van der Waals surface area contributed by atoms with Gasteiger partial charge < -0.3 is 10.2 Å². The first-order valence-electron chi connectivity index (χ1n) is 8.05. The van der Waals surface area contributed by atoms with Crippen molar-refractivity contribution >= 4 is 5.82 Å². The molecule has 4 heteroatoms. The zero-order valence-corrected chi connectivity index (χ0v) is 12.9. The molecule has 0 saturated heterocycles. The highest BCUT2D eigenvalue weighted by molar-refractivity contribution is 5.36. The highest BCUT2D eigenvalue weighted by Crippen LogP contribution is 2.23. The molecule has 0 unspecified atom stereocenters. The Morgan fingerprint density at radius 1 is 1.15 bits per heavy atom. The van der Waals surface area contributed by atoms with Crippen molar-refractivity contribution in [3.8, 4) is 0 Å². The quantitative estimate of drug-likeness (QED) is 0.640. The van der Waals surface area contributed by atoms with E-state index in [1.165, 1.54) is 38.5 Å². The molecule has 0 bridgehead atoms. The van der Waals surface area contributed by atoms with Crippen LogP contribution in [0.15, 0.2) is 12.4 Å². The number of nitrogens with one attached hydrogen (secondary N) is 1. The maximum Gasteiger partial charge on any atom is 0.147 e. The smallest absolute Gasteiger partial charge is 0.147 e. The number of nitrogens with zero attached hydrogens (tertiary/aromatic N) is 3. The number of aromatic nitrogens is 2. The molecule has 1 aliphatic carbocycles. The molecule has 20 heavy (non-hydrogen) atoms. The molecular formula is C16H28N4. The summed E-state index contributed by atoms with van der Waals surface area (Å²) >= 11 is 0. The minimum absolute atomic E-state index is 0.635. The van der Waals surface area contributed by atoms with E-state index in [9.17, 15) is 0 Å². The van der Waals surface area contributed by atoms with E-state index in [-0.39, 0.29) is 0 Å². The summed E-state index contributed by atoms with van der Waals surface area (Å²) in [5.41, 5.74) is 1.02. The van der Waals surface area contributed by atoms with Gasteiger partial charge in [-0.05, 0) is 25.8 Å². The molecule has 1 fully saturated rings. The number of hydrogen-bond donors (Lipinski definition) is 1. The minimum Gasteiger partial charge on any atom is -0.355 e. The Bertz CT molecular complexity index is 369. The van der Waals surface area contributed by atoms with Gasteiger partial charge in [-0.25, -0.2) is 4.98 Å². The molecule has 1 N–H and O–H groups in total. The van der Waals surface area contributed by atoms with Crippen molar-refractivity contribution in [3.63, 3.8) is 0 Å². The second kappa shape index (κ2) is 8.20. The van der Waals surface area contributed by atoms with Crippen molar-refractivity contribution < 1.29 is 0 Å². The highest BCUT2D eigenvalue weighted by Gasteiger charge is 2.18. The first-order valence-corrected chi connectivity index (χ1v) is 8.05. The summed E-state index contributed by atoms with van der Waals surface area (Å²) < 4.78 is 0. The van der Waals surface area contributed by atoms with Crippen LogP contribution in [-0.2, 0) is 6.54 Å². The number of anilines is 1. The highest BCUT2D eigenvalue weighted by atomic mass is 15.2. The van der Waals surface area contributed by atoms with E-state index >= 15 is 0 Å². The van der Waals surface area contributed by atoms with Gasteiger partial charge in [0.05, 0.1) is 18.1 Å². The number of rotatable bonds is 6. The Labute approximate surface area is 123 Å². The average molecular weight is 276 g/mol. The van der Waals surface area contributed by atoms with Crippen molar-refractivity contribution in [2.24, 2.45) is 0 Å². The van der Waals surface area contributed by atoms with E-state index < -0.39 is 0 Å². The second-order valence-electron chi connectivity index (χ2n) is 5.80. The number of hydrogen-bond acceptors (Lipinski definition) is 4. The Morgan fingerprint density at radius 3 is 2.50 bits per heavy atom. The van der Waals surface area contributed by atoms with Crippen molar-refractivity contribution in [2.45, 2.75) is 64.5 Å². The van der Waals surface area contributed by atoms with Crippen molar-refractivity contribution in [1.82, 2.24) is 15.3 Å². The third-order valence-electron chi connectivity index (χ3n) is 4.16. The van der Waals surface area contributed by atoms with Gasteiger partial charge in [0, 0.05) is 19.6 Å². The fraction of sp³-hybridized carbons (Fsp3) is 0.750. The molecule has 1 saturated carbocycles. The van der Waals surface area contributed by atoms with E-state index in [4.69, 9.17) is 0 Å². The summed E-state index contributed by atoms with van der Waals surface area (Å²) in [4.78, 5) is 11.4. The topological polar surface area (TPSA) is 41.1 Å². The molecule has 0 amide bonds. The summed E-state index contributed by atoms with van der Waals surface area (Å²) in [6, 6.07) is 0.635. The predicted molar refractivity (Wildman–Crippen MR) is 83.9 cm³/mol. The zero-order chi connectivity index (χ0) is 14.2. The van der Waals surface area contributed by atoms with E-state index in [0.717, 1.165) is 31.0 Å². The second-order valence-corrected chi connectivity index (χ2v) is 5.80. The van der Waals surface area contributed by atoms with Crippen molar-refractivity contribution in [1.29, 1.82) is 0 Å². The van der Waals surface area contributed by atoms with Crippen LogP contribution in [-0.4, -0.2) is 29.6 Å². The van der Waals surface area contributed by atoms with Gasteiger partial charge in [0.2, 0.25) is 0 Å². The molecule has 1 aromatic heterocycles. The van der Waals surface area contributed by atoms with Crippen LogP contribution in [0.2, 0.25) is 0 Å². The van der Waals surface area contributed by atoms with Crippen molar-refractivity contribution in [3.05, 3.63) is 18.1 Å². The average Bonchev–Trinajstić information content (AvgIpc) is 2.77. The lowest BCUT2D eigenvalue weighted by Gasteiger charge is -2.28. The molecule has 2 rings (SSSR count). The van der Waals surface area contributed by atoms with Crippen LogP contribution < -0.4 is 10.2 Å². The Balaban J connectivity index is 1.90. The van der Waals surface area contributed by atoms with Gasteiger partial charge in [-0.1, -0.05) is 32.6 Å². The molecule has 0 aromatic carbocycles. The monoisotopic (exact) mass is 276 g/mol. The van der Waals surface area contributed by atoms with Crippen LogP contribution >= 0.6 is 0 Å². The lowest BCUT2D eigenvalue weighted by Crippen LogP contribution is -2.32. The SMILES string of the molecule is CCCNCc1cnc(N(C)C2CCCCCC2)cn1. The van der Waals surface area contributed by atoms with Crippen LogP contribution in [0.25, 0.3) is 0 Å². The fourth-order valence-corrected chi connectivity index (χ4v) is 2.85. The molecule has 112 valence electrons. The van der Waals surface area contributed by atoms with Crippen LogP contribution in [0.3, 0.4) is 0 Å². The third kappa shape index (κ3) is 4.44. The standard InChI is InChI=1S/C16H28N4/c1-3-10-17-11-14-12-19-16(13-18-14)20(2)15-8-6-4-5-7-9-15/h12-13,15,17H,3-11H2,1-2H3. The summed E-state index contributed by atoms with van der Waals surface area (Å²) in [5.74, 6) is 1.01. The molecule has 1 aliphatic rings. The minimum atomic E-state index is 0.635. The van der Waals surface area contributed by atoms with Gasteiger partial charge >= 0.3 is 0 Å². The molecule has 0 spiro atoms. The molecule has 1 aromatic rings. The van der Waals surface area contributed by atoms with Gasteiger partial charge in [0.15, 0.2) is 0 Å². The third-order valence-corrected chi connectivity index (χ3v) is 4.16. The van der Waals surface area contributed by atoms with Crippen molar-refractivity contribution in [2.75, 3.05) is 18.5 Å². The van der Waals surface area contributed by atoms with Gasteiger partial charge in [0.25, 0.3) is 0 Å². The largest absolute Gasteiger partial charge is 0.355 e. The Morgan fingerprint density at radius 2 is 1.90 bits per heavy atom. The maximum atomic E-state index is 4.59. The molecular weight excluding hydrogens is 248 g/mol. The lowest BCUT2D eigenvalue weighted by molar-refractivity contribution is 0.548. The molecule has 0 atom stereocenters. The molecule has 0 radical (unpaired) electrons. The zero-order valence-electron chi connectivity index (χ0n) is 12.9. The first-order chi connectivity index (χ1) is 9.81. The van der Waals surface area contributed by atoms with E-state index in [1.807, 2.05) is 12.4 Å². The molecule has 4 nitrogen and oxygen atoms in total. The summed E-state index contributed by atoms with van der Waals surface area (Å²) in [7, 11) is 2.16. The van der Waals surface area contributed by atoms with Gasteiger partial charge in [-0.15, -0.1) is 0 Å². The van der Waals surface area contributed by atoms with Crippen LogP contribution in [0.4, 0.5) is 5.82 Å². The summed E-state index contributed by atoms with van der Waals surface area (Å²) in [6.07, 6.45) is 13.0. The summed E-state index contributed by atoms with van der Waals surface area (Å²) in [6.45, 7) is 4.02. The predicted octanol–water partition coefficient (Wildman–Crippen LogP) is 3.14. The lowest BCUT2D eigenvalue weighted by atomic mass is 10.1. The van der Waals surface area contributed by atoms with Gasteiger partial charge in [-0.3, -0.25) is 4.98 Å². The van der Waals surface area contributed by atoms with E-state index in [0.29, 0.717) is 6.04 Å². The molecule has 0 aliphatic heterocycles. The van der Waals surface area contributed by atoms with Gasteiger partial charge in [0.1, 0.15) is 5.82 Å². The van der Waals surface area contributed by atoms with Crippen LogP contribution in [0.5, 0.6) is 0 Å². The Hall–Kier alpha value is -1.16. The first kappa shape index (κ1) is 15.2. The van der Waals surface area contributed by atoms with Crippen LogP contribution in [0, 0.1) is 0 Å². The van der Waals surface area contributed by atoms with Gasteiger partial charge in [-0.2, -0.15) is 0 Å². The summed E-state index contributed by atoms with van der Waals surface area (Å²) in [5, 5.41) is 3.36. The van der Waals surface area contributed by atoms with Crippen LogP contribution in [0.1, 0.15) is 57.6 Å². The normalized spacial score (nSPS) is 16.9.